The van der Waals surface area contributed by atoms with Crippen LogP contribution in [-0.4, -0.2) is 17.6 Å². The van der Waals surface area contributed by atoms with E-state index in [1.165, 1.54) is 0 Å². The van der Waals surface area contributed by atoms with Gasteiger partial charge in [-0.05, 0) is 32.5 Å². The summed E-state index contributed by atoms with van der Waals surface area (Å²) < 4.78 is 5.48. The van der Waals surface area contributed by atoms with Gasteiger partial charge < -0.3 is 10.1 Å². The molecule has 0 aliphatic rings. The molecule has 4 nitrogen and oxygen atoms in total. The Kier molecular flexibility index (Phi) is 4.74. The zero-order valence-corrected chi connectivity index (χ0v) is 9.95. The molecule has 1 aromatic rings. The summed E-state index contributed by atoms with van der Waals surface area (Å²) in [7, 11) is 0. The lowest BCUT2D eigenvalue weighted by Gasteiger charge is -2.12. The summed E-state index contributed by atoms with van der Waals surface area (Å²) in [6, 6.07) is 5.79. The van der Waals surface area contributed by atoms with Crippen LogP contribution in [-0.2, 0) is 6.54 Å². The number of ether oxygens (including phenoxy) is 1. The fraction of sp³-hybridized carbons (Fsp3) is 0.500. The molecule has 1 unspecified atom stereocenters. The van der Waals surface area contributed by atoms with Crippen molar-refractivity contribution in [1.82, 2.24) is 10.3 Å². The predicted molar refractivity (Wildman–Crippen MR) is 62.1 cm³/mol. The molecule has 0 spiro atoms. The summed E-state index contributed by atoms with van der Waals surface area (Å²) >= 11 is 0. The number of hydrogen-bond acceptors (Lipinski definition) is 4. The minimum atomic E-state index is -0.454. The molecule has 0 saturated heterocycles. The van der Waals surface area contributed by atoms with Gasteiger partial charge in [0.1, 0.15) is 11.8 Å². The van der Waals surface area contributed by atoms with E-state index < -0.39 is 6.10 Å². The standard InChI is InChI=1S/C12H17N3O/c1-4-14-8-11-12(16-10(3)7-13)6-5-9(2)15-11/h5-6,10,14H,4,8H2,1-3H3. The number of nitrogens with zero attached hydrogens (tertiary/aromatic N) is 2. The molecule has 0 aromatic carbocycles. The number of aromatic nitrogens is 1. The van der Waals surface area contributed by atoms with Gasteiger partial charge in [0.25, 0.3) is 0 Å². The first-order valence-corrected chi connectivity index (χ1v) is 5.41. The first-order chi connectivity index (χ1) is 7.67. The molecule has 1 atom stereocenters. The molecule has 0 saturated carbocycles. The van der Waals surface area contributed by atoms with Crippen LogP contribution in [0, 0.1) is 18.3 Å². The highest BCUT2D eigenvalue weighted by Crippen LogP contribution is 2.18. The molecule has 1 heterocycles. The minimum Gasteiger partial charge on any atom is -0.474 e. The lowest BCUT2D eigenvalue weighted by Crippen LogP contribution is -2.16. The smallest absolute Gasteiger partial charge is 0.181 e. The van der Waals surface area contributed by atoms with Crippen LogP contribution in [0.25, 0.3) is 0 Å². The normalized spacial score (nSPS) is 11.9. The lowest BCUT2D eigenvalue weighted by atomic mass is 10.2. The molecule has 0 bridgehead atoms. The molecule has 0 radical (unpaired) electrons. The highest BCUT2D eigenvalue weighted by molar-refractivity contribution is 5.29. The second-order valence-corrected chi connectivity index (χ2v) is 3.57. The van der Waals surface area contributed by atoms with Gasteiger partial charge in [-0.1, -0.05) is 6.92 Å². The number of nitrogens with one attached hydrogen (secondary N) is 1. The molecule has 0 amide bonds. The van der Waals surface area contributed by atoms with Crippen LogP contribution in [0.3, 0.4) is 0 Å². The number of pyridine rings is 1. The van der Waals surface area contributed by atoms with Crippen molar-refractivity contribution in [2.75, 3.05) is 6.54 Å². The van der Waals surface area contributed by atoms with Crippen molar-refractivity contribution in [2.24, 2.45) is 0 Å². The van der Waals surface area contributed by atoms with E-state index in [1.54, 1.807) is 6.92 Å². The molecule has 0 aliphatic heterocycles. The van der Waals surface area contributed by atoms with Crippen LogP contribution < -0.4 is 10.1 Å². The van der Waals surface area contributed by atoms with Crippen molar-refractivity contribution in [2.45, 2.75) is 33.4 Å². The predicted octanol–water partition coefficient (Wildman–Crippen LogP) is 1.79. The molecule has 1 aromatic heterocycles. The summed E-state index contributed by atoms with van der Waals surface area (Å²) in [5.74, 6) is 0.681. The molecule has 0 fully saturated rings. The quantitative estimate of drug-likeness (QED) is 0.820. The summed E-state index contributed by atoms with van der Waals surface area (Å²) in [5.41, 5.74) is 1.80. The molecule has 0 aliphatic carbocycles. The van der Waals surface area contributed by atoms with Crippen LogP contribution >= 0.6 is 0 Å². The number of hydrogen-bond donors (Lipinski definition) is 1. The third-order valence-corrected chi connectivity index (χ3v) is 2.10. The Labute approximate surface area is 96.3 Å². The molecule has 86 valence electrons. The highest BCUT2D eigenvalue weighted by atomic mass is 16.5. The third kappa shape index (κ3) is 3.52. The Hall–Kier alpha value is -1.60. The first kappa shape index (κ1) is 12.5. The highest BCUT2D eigenvalue weighted by Gasteiger charge is 2.08. The van der Waals surface area contributed by atoms with Gasteiger partial charge >= 0.3 is 0 Å². The SMILES string of the molecule is CCNCc1nc(C)ccc1OC(C)C#N. The van der Waals surface area contributed by atoms with Gasteiger partial charge in [-0.25, -0.2) is 0 Å². The first-order valence-electron chi connectivity index (χ1n) is 5.41. The van der Waals surface area contributed by atoms with Gasteiger partial charge in [-0.15, -0.1) is 0 Å². The van der Waals surface area contributed by atoms with Crippen molar-refractivity contribution in [1.29, 1.82) is 5.26 Å². The van der Waals surface area contributed by atoms with Crippen molar-refractivity contribution in [3.63, 3.8) is 0 Å². The van der Waals surface area contributed by atoms with Crippen molar-refractivity contribution >= 4 is 0 Å². The van der Waals surface area contributed by atoms with E-state index in [9.17, 15) is 0 Å². The van der Waals surface area contributed by atoms with Gasteiger partial charge in [0.15, 0.2) is 6.10 Å². The summed E-state index contributed by atoms with van der Waals surface area (Å²) in [5, 5.41) is 11.9. The fourth-order valence-corrected chi connectivity index (χ4v) is 1.29. The lowest BCUT2D eigenvalue weighted by molar-refractivity contribution is 0.271. The Balaban J connectivity index is 2.85. The number of rotatable bonds is 5. The van der Waals surface area contributed by atoms with Gasteiger partial charge in [-0.3, -0.25) is 4.98 Å². The topological polar surface area (TPSA) is 57.9 Å². The van der Waals surface area contributed by atoms with E-state index in [2.05, 4.69) is 10.3 Å². The molecule has 1 rings (SSSR count). The van der Waals surface area contributed by atoms with Crippen LogP contribution in [0.15, 0.2) is 12.1 Å². The Morgan fingerprint density at radius 1 is 1.56 bits per heavy atom. The molecule has 4 heteroatoms. The molecule has 16 heavy (non-hydrogen) atoms. The van der Waals surface area contributed by atoms with E-state index in [-0.39, 0.29) is 0 Å². The average Bonchev–Trinajstić information content (AvgIpc) is 2.29. The van der Waals surface area contributed by atoms with E-state index in [1.807, 2.05) is 32.0 Å². The van der Waals surface area contributed by atoms with Gasteiger partial charge in [0.2, 0.25) is 0 Å². The Morgan fingerprint density at radius 3 is 2.94 bits per heavy atom. The summed E-state index contributed by atoms with van der Waals surface area (Å²) in [6.07, 6.45) is -0.454. The van der Waals surface area contributed by atoms with E-state index in [4.69, 9.17) is 10.00 Å². The zero-order chi connectivity index (χ0) is 12.0. The van der Waals surface area contributed by atoms with E-state index >= 15 is 0 Å². The van der Waals surface area contributed by atoms with E-state index in [0.717, 1.165) is 17.9 Å². The fourth-order valence-electron chi connectivity index (χ4n) is 1.29. The number of nitriles is 1. The molecular formula is C12H17N3O. The third-order valence-electron chi connectivity index (χ3n) is 2.10. The maximum absolute atomic E-state index is 8.71. The van der Waals surface area contributed by atoms with Crippen LogP contribution in [0.1, 0.15) is 25.2 Å². The maximum atomic E-state index is 8.71. The van der Waals surface area contributed by atoms with Gasteiger partial charge in [-0.2, -0.15) is 5.26 Å². The average molecular weight is 219 g/mol. The number of aryl methyl sites for hydroxylation is 1. The van der Waals surface area contributed by atoms with Crippen molar-refractivity contribution < 1.29 is 4.74 Å². The zero-order valence-electron chi connectivity index (χ0n) is 9.95. The largest absolute Gasteiger partial charge is 0.474 e. The van der Waals surface area contributed by atoms with Crippen LogP contribution in [0.2, 0.25) is 0 Å². The van der Waals surface area contributed by atoms with Gasteiger partial charge in [0.05, 0.1) is 5.69 Å². The monoisotopic (exact) mass is 219 g/mol. The van der Waals surface area contributed by atoms with Crippen molar-refractivity contribution in [3.05, 3.63) is 23.5 Å². The van der Waals surface area contributed by atoms with Crippen LogP contribution in [0.4, 0.5) is 0 Å². The van der Waals surface area contributed by atoms with Crippen LogP contribution in [0.5, 0.6) is 5.75 Å². The second kappa shape index (κ2) is 6.09. The summed E-state index contributed by atoms with van der Waals surface area (Å²) in [4.78, 5) is 4.40. The van der Waals surface area contributed by atoms with Crippen molar-refractivity contribution in [3.8, 4) is 11.8 Å². The van der Waals surface area contributed by atoms with Gasteiger partial charge in [0, 0.05) is 12.2 Å². The Bertz CT molecular complexity index is 384. The summed E-state index contributed by atoms with van der Waals surface area (Å²) in [6.45, 7) is 7.23. The molecule has 1 N–H and O–H groups in total. The molecular weight excluding hydrogens is 202 g/mol. The van der Waals surface area contributed by atoms with E-state index in [0.29, 0.717) is 12.3 Å². The maximum Gasteiger partial charge on any atom is 0.181 e. The minimum absolute atomic E-state index is 0.454. The Morgan fingerprint density at radius 2 is 2.31 bits per heavy atom. The second-order valence-electron chi connectivity index (χ2n) is 3.57.